The normalized spacial score (nSPS) is 29.8. The molecule has 1 spiro atoms. The maximum absolute atomic E-state index is 5.60. The third kappa shape index (κ3) is 2.05. The van der Waals surface area contributed by atoms with Crippen LogP contribution in [0.15, 0.2) is 0 Å². The summed E-state index contributed by atoms with van der Waals surface area (Å²) in [5, 5.41) is 0. The molecule has 1 heterocycles. The summed E-state index contributed by atoms with van der Waals surface area (Å²) in [6.07, 6.45) is 7.89. The van der Waals surface area contributed by atoms with Gasteiger partial charge in [0.15, 0.2) is 5.79 Å². The van der Waals surface area contributed by atoms with Gasteiger partial charge >= 0.3 is 0 Å². The van der Waals surface area contributed by atoms with E-state index in [0.29, 0.717) is 5.92 Å². The lowest BCUT2D eigenvalue weighted by Gasteiger charge is -2.07. The summed E-state index contributed by atoms with van der Waals surface area (Å²) in [6, 6.07) is 0. The number of unbranched alkanes of at least 4 members (excludes halogenated alkanes) is 3. The lowest BCUT2D eigenvalue weighted by Crippen LogP contribution is -2.11. The molecule has 0 bridgehead atoms. The first-order chi connectivity index (χ1) is 6.37. The molecule has 2 nitrogen and oxygen atoms in total. The summed E-state index contributed by atoms with van der Waals surface area (Å²) in [6.45, 7) is 3.87. The molecular formula is C11H20O2. The number of ether oxygens (including phenoxy) is 2. The third-order valence-electron chi connectivity index (χ3n) is 3.18. The Labute approximate surface area is 80.6 Å². The van der Waals surface area contributed by atoms with Crippen LogP contribution in [0.5, 0.6) is 0 Å². The van der Waals surface area contributed by atoms with Gasteiger partial charge in [-0.05, 0) is 6.42 Å². The minimum absolute atomic E-state index is 0.0911. The first kappa shape index (κ1) is 9.47. The quantitative estimate of drug-likeness (QED) is 0.612. The zero-order chi connectivity index (χ0) is 9.15. The molecular weight excluding hydrogens is 164 g/mol. The second kappa shape index (κ2) is 3.97. The van der Waals surface area contributed by atoms with Crippen molar-refractivity contribution >= 4 is 0 Å². The van der Waals surface area contributed by atoms with Crippen molar-refractivity contribution in [3.63, 3.8) is 0 Å². The van der Waals surface area contributed by atoms with E-state index in [9.17, 15) is 0 Å². The Morgan fingerprint density at radius 3 is 2.62 bits per heavy atom. The molecule has 1 saturated carbocycles. The summed E-state index contributed by atoms with van der Waals surface area (Å²) in [5.74, 6) is 0.624. The molecule has 0 aromatic heterocycles. The predicted octanol–water partition coefficient (Wildman–Crippen LogP) is 2.72. The topological polar surface area (TPSA) is 18.5 Å². The van der Waals surface area contributed by atoms with Crippen molar-refractivity contribution in [1.82, 2.24) is 0 Å². The molecule has 0 N–H and O–H groups in total. The second-order valence-electron chi connectivity index (χ2n) is 4.26. The van der Waals surface area contributed by atoms with Crippen molar-refractivity contribution in [3.8, 4) is 0 Å². The van der Waals surface area contributed by atoms with Gasteiger partial charge in [-0.15, -0.1) is 0 Å². The summed E-state index contributed by atoms with van der Waals surface area (Å²) >= 11 is 0. The molecule has 0 amide bonds. The number of hydrogen-bond acceptors (Lipinski definition) is 2. The highest BCUT2D eigenvalue weighted by Gasteiger charge is 2.58. The van der Waals surface area contributed by atoms with Crippen molar-refractivity contribution in [3.05, 3.63) is 0 Å². The first-order valence-corrected chi connectivity index (χ1v) is 5.65. The lowest BCUT2D eigenvalue weighted by molar-refractivity contribution is -0.0830. The highest BCUT2D eigenvalue weighted by atomic mass is 16.7. The summed E-state index contributed by atoms with van der Waals surface area (Å²) < 4.78 is 11.2. The van der Waals surface area contributed by atoms with E-state index in [0.717, 1.165) is 19.6 Å². The molecule has 0 radical (unpaired) electrons. The standard InChI is InChI=1S/C11H20O2/c1-2-3-4-5-6-10-9-11(10)12-7-8-13-11/h10H,2-9H2,1H3. The van der Waals surface area contributed by atoms with Gasteiger partial charge in [-0.3, -0.25) is 0 Å². The Hall–Kier alpha value is -0.0800. The zero-order valence-corrected chi connectivity index (χ0v) is 8.55. The van der Waals surface area contributed by atoms with Crippen LogP contribution in [0.4, 0.5) is 0 Å². The molecule has 76 valence electrons. The Morgan fingerprint density at radius 1 is 1.15 bits per heavy atom. The van der Waals surface area contributed by atoms with Crippen LogP contribution in [0.2, 0.25) is 0 Å². The van der Waals surface area contributed by atoms with E-state index in [1.807, 2.05) is 0 Å². The van der Waals surface area contributed by atoms with Crippen LogP contribution in [0.1, 0.15) is 45.4 Å². The SMILES string of the molecule is CCCCCCC1CC12OCCO2. The Balaban J connectivity index is 1.58. The van der Waals surface area contributed by atoms with Crippen LogP contribution < -0.4 is 0 Å². The molecule has 0 aromatic carbocycles. The van der Waals surface area contributed by atoms with Gasteiger partial charge in [0.05, 0.1) is 13.2 Å². The molecule has 0 aromatic rings. The Morgan fingerprint density at radius 2 is 1.92 bits per heavy atom. The van der Waals surface area contributed by atoms with Gasteiger partial charge in [0.25, 0.3) is 0 Å². The fraction of sp³-hybridized carbons (Fsp3) is 1.00. The molecule has 1 unspecified atom stereocenters. The zero-order valence-electron chi connectivity index (χ0n) is 8.55. The Bertz CT molecular complexity index is 161. The molecule has 1 aliphatic carbocycles. The van der Waals surface area contributed by atoms with Crippen molar-refractivity contribution in [1.29, 1.82) is 0 Å². The monoisotopic (exact) mass is 184 g/mol. The average Bonchev–Trinajstić information content (AvgIpc) is 2.58. The maximum atomic E-state index is 5.60. The molecule has 2 heteroatoms. The molecule has 2 fully saturated rings. The van der Waals surface area contributed by atoms with E-state index in [2.05, 4.69) is 6.92 Å². The van der Waals surface area contributed by atoms with Crippen LogP contribution in [0, 0.1) is 5.92 Å². The Kier molecular flexibility index (Phi) is 2.89. The van der Waals surface area contributed by atoms with Gasteiger partial charge in [-0.1, -0.05) is 32.6 Å². The van der Waals surface area contributed by atoms with Gasteiger partial charge < -0.3 is 9.47 Å². The van der Waals surface area contributed by atoms with Crippen molar-refractivity contribution in [2.75, 3.05) is 13.2 Å². The number of hydrogen-bond donors (Lipinski definition) is 0. The smallest absolute Gasteiger partial charge is 0.171 e. The third-order valence-corrected chi connectivity index (χ3v) is 3.18. The molecule has 2 rings (SSSR count). The van der Waals surface area contributed by atoms with Gasteiger partial charge in [-0.25, -0.2) is 0 Å². The van der Waals surface area contributed by atoms with Gasteiger partial charge in [0, 0.05) is 12.3 Å². The van der Waals surface area contributed by atoms with Gasteiger partial charge in [0.1, 0.15) is 0 Å². The number of rotatable bonds is 5. The fourth-order valence-corrected chi connectivity index (χ4v) is 2.25. The van der Waals surface area contributed by atoms with Crippen LogP contribution in [0.3, 0.4) is 0 Å². The minimum Gasteiger partial charge on any atom is -0.347 e. The molecule has 2 aliphatic rings. The molecule has 1 atom stereocenters. The van der Waals surface area contributed by atoms with Crippen molar-refractivity contribution < 1.29 is 9.47 Å². The highest BCUT2D eigenvalue weighted by Crippen LogP contribution is 2.52. The van der Waals surface area contributed by atoms with Crippen LogP contribution in [-0.2, 0) is 9.47 Å². The van der Waals surface area contributed by atoms with E-state index in [1.54, 1.807) is 0 Å². The summed E-state index contributed by atoms with van der Waals surface area (Å²) in [7, 11) is 0. The fourth-order valence-electron chi connectivity index (χ4n) is 2.25. The van der Waals surface area contributed by atoms with E-state index in [1.165, 1.54) is 32.1 Å². The maximum Gasteiger partial charge on any atom is 0.171 e. The lowest BCUT2D eigenvalue weighted by atomic mass is 10.1. The van der Waals surface area contributed by atoms with Gasteiger partial charge in [0.2, 0.25) is 0 Å². The van der Waals surface area contributed by atoms with E-state index in [-0.39, 0.29) is 5.79 Å². The van der Waals surface area contributed by atoms with E-state index < -0.39 is 0 Å². The summed E-state index contributed by atoms with van der Waals surface area (Å²) in [5.41, 5.74) is 0. The largest absolute Gasteiger partial charge is 0.347 e. The predicted molar refractivity (Wildman–Crippen MR) is 51.5 cm³/mol. The van der Waals surface area contributed by atoms with Crippen molar-refractivity contribution in [2.45, 2.75) is 51.2 Å². The highest BCUT2D eigenvalue weighted by molar-refractivity contribution is 4.99. The first-order valence-electron chi connectivity index (χ1n) is 5.65. The average molecular weight is 184 g/mol. The van der Waals surface area contributed by atoms with Crippen LogP contribution in [0.25, 0.3) is 0 Å². The van der Waals surface area contributed by atoms with Crippen LogP contribution in [-0.4, -0.2) is 19.0 Å². The minimum atomic E-state index is -0.0911. The van der Waals surface area contributed by atoms with Gasteiger partial charge in [-0.2, -0.15) is 0 Å². The summed E-state index contributed by atoms with van der Waals surface area (Å²) in [4.78, 5) is 0. The van der Waals surface area contributed by atoms with E-state index in [4.69, 9.17) is 9.47 Å². The second-order valence-corrected chi connectivity index (χ2v) is 4.26. The van der Waals surface area contributed by atoms with Crippen LogP contribution >= 0.6 is 0 Å². The molecule has 1 aliphatic heterocycles. The molecule has 1 saturated heterocycles. The van der Waals surface area contributed by atoms with Crippen molar-refractivity contribution in [2.24, 2.45) is 5.92 Å². The molecule has 13 heavy (non-hydrogen) atoms. The van der Waals surface area contributed by atoms with E-state index >= 15 is 0 Å².